The second-order valence-corrected chi connectivity index (χ2v) is 7.12. The monoisotopic (exact) mass is 374 g/mol. The average molecular weight is 374 g/mol. The fraction of sp³-hybridized carbons (Fsp3) is 0.167. The number of ether oxygens (including phenoxy) is 2. The van der Waals surface area contributed by atoms with Gasteiger partial charge in [-0.2, -0.15) is 0 Å². The molecule has 0 aliphatic rings. The van der Waals surface area contributed by atoms with E-state index in [1.54, 1.807) is 43.5 Å². The van der Waals surface area contributed by atoms with Gasteiger partial charge in [0.2, 0.25) is 0 Å². The molecule has 0 unspecified atom stereocenters. The summed E-state index contributed by atoms with van der Waals surface area (Å²) in [5.41, 5.74) is 1.03. The molecule has 1 aromatic heterocycles. The molecule has 0 amide bonds. The molecule has 1 N–H and O–H groups in total. The molecule has 0 aliphatic heterocycles. The number of nitrogens with one attached hydrogen (secondary N) is 1. The van der Waals surface area contributed by atoms with E-state index in [9.17, 15) is 8.42 Å². The first-order valence-corrected chi connectivity index (χ1v) is 9.19. The van der Waals surface area contributed by atoms with Gasteiger partial charge < -0.3 is 13.9 Å². The quantitative estimate of drug-likeness (QED) is 0.710. The second-order valence-electron chi connectivity index (χ2n) is 5.44. The van der Waals surface area contributed by atoms with Gasteiger partial charge in [0.15, 0.2) is 11.7 Å². The standard InChI is InChI=1S/C18H18N2O5S/c1-12-19-11-18(25-12)13-4-7-15(8-5-13)26(21,22)20-16-10-14(23-2)6-9-17(16)24-3/h4-11,20H,1-3H3. The summed E-state index contributed by atoms with van der Waals surface area (Å²) in [6, 6.07) is 11.2. The smallest absolute Gasteiger partial charge is 0.262 e. The zero-order chi connectivity index (χ0) is 18.7. The molecule has 3 aromatic rings. The minimum absolute atomic E-state index is 0.113. The molecule has 0 saturated carbocycles. The number of oxazole rings is 1. The van der Waals surface area contributed by atoms with Crippen LogP contribution in [0, 0.1) is 6.92 Å². The van der Waals surface area contributed by atoms with Gasteiger partial charge >= 0.3 is 0 Å². The lowest BCUT2D eigenvalue weighted by atomic mass is 10.2. The number of sulfonamides is 1. The van der Waals surface area contributed by atoms with Crippen LogP contribution in [0.15, 0.2) is 58.0 Å². The van der Waals surface area contributed by atoms with Crippen molar-refractivity contribution in [3.8, 4) is 22.8 Å². The van der Waals surface area contributed by atoms with E-state index in [0.717, 1.165) is 5.56 Å². The summed E-state index contributed by atoms with van der Waals surface area (Å²) in [5, 5.41) is 0. The summed E-state index contributed by atoms with van der Waals surface area (Å²) in [7, 11) is -0.826. The van der Waals surface area contributed by atoms with Crippen LogP contribution in [0.1, 0.15) is 5.89 Å². The Morgan fingerprint density at radius 1 is 1.04 bits per heavy atom. The maximum Gasteiger partial charge on any atom is 0.262 e. The second kappa shape index (κ2) is 7.09. The Kier molecular flexibility index (Phi) is 4.85. The van der Waals surface area contributed by atoms with Crippen LogP contribution < -0.4 is 14.2 Å². The number of anilines is 1. The molecule has 0 spiro atoms. The number of benzene rings is 2. The summed E-state index contributed by atoms with van der Waals surface area (Å²) >= 11 is 0. The first-order valence-electron chi connectivity index (χ1n) is 7.70. The number of aromatic nitrogens is 1. The highest BCUT2D eigenvalue weighted by atomic mass is 32.2. The van der Waals surface area contributed by atoms with E-state index in [0.29, 0.717) is 28.8 Å². The van der Waals surface area contributed by atoms with Gasteiger partial charge in [0, 0.05) is 18.6 Å². The maximum absolute atomic E-state index is 12.7. The van der Waals surface area contributed by atoms with Crippen molar-refractivity contribution < 1.29 is 22.3 Å². The minimum atomic E-state index is -3.80. The van der Waals surface area contributed by atoms with E-state index in [1.807, 2.05) is 0 Å². The molecule has 2 aromatic carbocycles. The van der Waals surface area contributed by atoms with Crippen LogP contribution in [0.3, 0.4) is 0 Å². The third-order valence-electron chi connectivity index (χ3n) is 3.72. The van der Waals surface area contributed by atoms with Crippen LogP contribution in [-0.2, 0) is 10.0 Å². The zero-order valence-corrected chi connectivity index (χ0v) is 15.3. The topological polar surface area (TPSA) is 90.7 Å². The molecule has 8 heteroatoms. The van der Waals surface area contributed by atoms with Crippen molar-refractivity contribution in [1.82, 2.24) is 4.98 Å². The molecule has 1 heterocycles. The predicted molar refractivity (Wildman–Crippen MR) is 97.0 cm³/mol. The van der Waals surface area contributed by atoms with E-state index >= 15 is 0 Å². The minimum Gasteiger partial charge on any atom is -0.497 e. The Balaban J connectivity index is 1.89. The first-order chi connectivity index (χ1) is 12.4. The van der Waals surface area contributed by atoms with Crippen molar-refractivity contribution in [3.63, 3.8) is 0 Å². The van der Waals surface area contributed by atoms with Gasteiger partial charge in [0.05, 0.1) is 31.0 Å². The van der Waals surface area contributed by atoms with Crippen LogP contribution in [0.5, 0.6) is 11.5 Å². The Hall–Kier alpha value is -3.00. The highest BCUT2D eigenvalue weighted by Gasteiger charge is 2.17. The van der Waals surface area contributed by atoms with Crippen LogP contribution in [0.25, 0.3) is 11.3 Å². The Labute approximate surface area is 151 Å². The van der Waals surface area contributed by atoms with Gasteiger partial charge in [-0.1, -0.05) is 0 Å². The number of aryl methyl sites for hydroxylation is 1. The molecule has 7 nitrogen and oxygen atoms in total. The van der Waals surface area contributed by atoms with Gasteiger partial charge in [-0.3, -0.25) is 4.72 Å². The van der Waals surface area contributed by atoms with E-state index in [-0.39, 0.29) is 4.90 Å². The lowest BCUT2D eigenvalue weighted by molar-refractivity contribution is 0.405. The lowest BCUT2D eigenvalue weighted by Gasteiger charge is -2.13. The summed E-state index contributed by atoms with van der Waals surface area (Å²) in [6.07, 6.45) is 1.60. The normalized spacial score (nSPS) is 11.2. The van der Waals surface area contributed by atoms with Crippen molar-refractivity contribution in [2.75, 3.05) is 18.9 Å². The lowest BCUT2D eigenvalue weighted by Crippen LogP contribution is -2.13. The average Bonchev–Trinajstić information content (AvgIpc) is 3.08. The van der Waals surface area contributed by atoms with Crippen LogP contribution in [-0.4, -0.2) is 27.6 Å². The molecular weight excluding hydrogens is 356 g/mol. The molecule has 136 valence electrons. The number of methoxy groups -OCH3 is 2. The number of rotatable bonds is 6. The first kappa shape index (κ1) is 17.8. The molecule has 0 radical (unpaired) electrons. The van der Waals surface area contributed by atoms with E-state index in [2.05, 4.69) is 9.71 Å². The summed E-state index contributed by atoms with van der Waals surface area (Å²) < 4.78 is 43.7. The van der Waals surface area contributed by atoms with Crippen molar-refractivity contribution >= 4 is 15.7 Å². The number of hydrogen-bond acceptors (Lipinski definition) is 6. The Bertz CT molecular complexity index is 1010. The summed E-state index contributed by atoms with van der Waals surface area (Å²) in [4.78, 5) is 4.15. The van der Waals surface area contributed by atoms with Crippen LogP contribution in [0.4, 0.5) is 5.69 Å². The molecule has 0 fully saturated rings. The molecular formula is C18H18N2O5S. The third-order valence-corrected chi connectivity index (χ3v) is 5.10. The van der Waals surface area contributed by atoms with Crippen LogP contribution >= 0.6 is 0 Å². The van der Waals surface area contributed by atoms with Gasteiger partial charge in [-0.25, -0.2) is 13.4 Å². The largest absolute Gasteiger partial charge is 0.497 e. The fourth-order valence-corrected chi connectivity index (χ4v) is 3.45. The van der Waals surface area contributed by atoms with Gasteiger partial charge in [0.1, 0.15) is 11.5 Å². The molecule has 0 bridgehead atoms. The highest BCUT2D eigenvalue weighted by Crippen LogP contribution is 2.31. The Morgan fingerprint density at radius 2 is 1.77 bits per heavy atom. The van der Waals surface area contributed by atoms with Gasteiger partial charge in [0.25, 0.3) is 10.0 Å². The Morgan fingerprint density at radius 3 is 2.35 bits per heavy atom. The maximum atomic E-state index is 12.7. The van der Waals surface area contributed by atoms with E-state index < -0.39 is 10.0 Å². The zero-order valence-electron chi connectivity index (χ0n) is 14.5. The van der Waals surface area contributed by atoms with Crippen molar-refractivity contribution in [1.29, 1.82) is 0 Å². The fourth-order valence-electron chi connectivity index (χ4n) is 2.39. The predicted octanol–water partition coefficient (Wildman–Crippen LogP) is 3.47. The van der Waals surface area contributed by atoms with E-state index in [4.69, 9.17) is 13.9 Å². The van der Waals surface area contributed by atoms with Crippen molar-refractivity contribution in [2.45, 2.75) is 11.8 Å². The number of hydrogen-bond donors (Lipinski definition) is 1. The van der Waals surface area contributed by atoms with Crippen molar-refractivity contribution in [3.05, 3.63) is 54.6 Å². The van der Waals surface area contributed by atoms with Crippen LogP contribution in [0.2, 0.25) is 0 Å². The van der Waals surface area contributed by atoms with E-state index in [1.165, 1.54) is 26.4 Å². The van der Waals surface area contributed by atoms with Gasteiger partial charge in [-0.15, -0.1) is 0 Å². The molecule has 0 aliphatic carbocycles. The molecule has 0 atom stereocenters. The molecule has 3 rings (SSSR count). The molecule has 0 saturated heterocycles. The number of nitrogens with zero attached hydrogens (tertiary/aromatic N) is 1. The summed E-state index contributed by atoms with van der Waals surface area (Å²) in [5.74, 6) is 2.03. The molecule has 26 heavy (non-hydrogen) atoms. The third kappa shape index (κ3) is 3.65. The highest BCUT2D eigenvalue weighted by molar-refractivity contribution is 7.92. The van der Waals surface area contributed by atoms with Crippen molar-refractivity contribution in [2.24, 2.45) is 0 Å². The van der Waals surface area contributed by atoms with Gasteiger partial charge in [-0.05, 0) is 36.4 Å². The summed E-state index contributed by atoms with van der Waals surface area (Å²) in [6.45, 7) is 1.74. The SMILES string of the molecule is COc1ccc(OC)c(NS(=O)(=O)c2ccc(-c3cnc(C)o3)cc2)c1.